The molecule has 1 aliphatic heterocycles. The second-order valence-electron chi connectivity index (χ2n) is 7.40. The normalized spacial score (nSPS) is 17.1. The fraction of sp³-hybridized carbons (Fsp3) is 0.273. The number of amides is 2. The Morgan fingerprint density at radius 2 is 1.91 bits per heavy atom. The van der Waals surface area contributed by atoms with Gasteiger partial charge in [0.1, 0.15) is 6.10 Å². The number of carbonyl (C=O) groups is 2. The average Bonchev–Trinajstić information content (AvgIpc) is 2.75. The lowest BCUT2D eigenvalue weighted by atomic mass is 10.2. The molecule has 2 atom stereocenters. The summed E-state index contributed by atoms with van der Waals surface area (Å²) in [6.45, 7) is 3.01. The van der Waals surface area contributed by atoms with E-state index in [0.717, 1.165) is 5.56 Å². The summed E-state index contributed by atoms with van der Waals surface area (Å²) in [5, 5.41) is 12.1. The summed E-state index contributed by atoms with van der Waals surface area (Å²) in [5.41, 5.74) is 0.445. The summed E-state index contributed by atoms with van der Waals surface area (Å²) in [6, 6.07) is 8.58. The third-order valence-corrected chi connectivity index (χ3v) is 4.80. The Labute approximate surface area is 183 Å². The maximum absolute atomic E-state index is 12.4. The van der Waals surface area contributed by atoms with Crippen LogP contribution < -0.4 is 16.6 Å². The Kier molecular flexibility index (Phi) is 7.06. The quantitative estimate of drug-likeness (QED) is 0.429. The molecule has 3 N–H and O–H groups in total. The van der Waals surface area contributed by atoms with Crippen LogP contribution >= 0.6 is 0 Å². The zero-order valence-electron chi connectivity index (χ0n) is 17.6. The molecule has 10 nitrogen and oxygen atoms in total. The van der Waals surface area contributed by atoms with Crippen LogP contribution in [0.1, 0.15) is 18.1 Å². The molecular weight excluding hydrogens is 416 g/mol. The highest BCUT2D eigenvalue weighted by atomic mass is 16.5. The van der Waals surface area contributed by atoms with E-state index in [0.29, 0.717) is 11.1 Å². The number of nitrogens with one attached hydrogen (secondary N) is 2. The number of carbonyl (C=O) groups excluding carboxylic acids is 2. The van der Waals surface area contributed by atoms with Crippen molar-refractivity contribution in [2.75, 3.05) is 6.54 Å². The van der Waals surface area contributed by atoms with Crippen molar-refractivity contribution in [2.45, 2.75) is 32.7 Å². The van der Waals surface area contributed by atoms with Crippen molar-refractivity contribution in [3.63, 3.8) is 0 Å². The van der Waals surface area contributed by atoms with Crippen LogP contribution in [0, 0.1) is 6.92 Å². The van der Waals surface area contributed by atoms with Crippen LogP contribution in [-0.2, 0) is 16.1 Å². The van der Waals surface area contributed by atoms with Crippen LogP contribution in [0.2, 0.25) is 0 Å². The van der Waals surface area contributed by atoms with Crippen molar-refractivity contribution in [1.29, 1.82) is 0 Å². The fourth-order valence-corrected chi connectivity index (χ4v) is 3.08. The molecule has 2 aromatic rings. The first-order chi connectivity index (χ1) is 15.2. The molecule has 0 saturated carbocycles. The highest BCUT2D eigenvalue weighted by Gasteiger charge is 2.27. The van der Waals surface area contributed by atoms with Gasteiger partial charge in [-0.2, -0.15) is 0 Å². The van der Waals surface area contributed by atoms with E-state index in [9.17, 15) is 24.3 Å². The van der Waals surface area contributed by atoms with E-state index < -0.39 is 35.6 Å². The van der Waals surface area contributed by atoms with E-state index in [1.165, 1.54) is 27.9 Å². The standard InChI is InChI=1S/C22H24N4O6/c1-14-10-25(21(30)23-19(14)28)12-17(13-26-11-15(2)20(29)24-22(26)31)32-18(27)9-8-16-6-4-3-5-7-16/h3-11,17,19,28H,12-13H2,1-2H3,(H,23,30)(H,24,29,31)/b9-8+. The van der Waals surface area contributed by atoms with Gasteiger partial charge in [0.05, 0.1) is 13.1 Å². The minimum absolute atomic E-state index is 0.0780. The summed E-state index contributed by atoms with van der Waals surface area (Å²) in [7, 11) is 0. The molecule has 168 valence electrons. The summed E-state index contributed by atoms with van der Waals surface area (Å²) < 4.78 is 6.73. The Bertz CT molecular complexity index is 1160. The third-order valence-electron chi connectivity index (χ3n) is 4.80. The van der Waals surface area contributed by atoms with Gasteiger partial charge in [0.25, 0.3) is 5.56 Å². The number of benzene rings is 1. The van der Waals surface area contributed by atoms with Crippen molar-refractivity contribution in [3.05, 3.63) is 86.3 Å². The number of esters is 1. The SMILES string of the molecule is CC1=CN(CC(Cn2cc(C)c(=O)[nH]c2=O)OC(=O)/C=C/c2ccccc2)C(=O)NC1O. The van der Waals surface area contributed by atoms with Crippen LogP contribution in [0.4, 0.5) is 4.79 Å². The van der Waals surface area contributed by atoms with Crippen LogP contribution in [0.3, 0.4) is 0 Å². The van der Waals surface area contributed by atoms with Crippen LogP contribution in [0.25, 0.3) is 6.08 Å². The maximum atomic E-state index is 12.4. The Balaban J connectivity index is 1.82. The van der Waals surface area contributed by atoms with Crippen molar-refractivity contribution in [2.24, 2.45) is 0 Å². The van der Waals surface area contributed by atoms with Gasteiger partial charge in [0, 0.05) is 24.0 Å². The van der Waals surface area contributed by atoms with E-state index in [2.05, 4.69) is 10.3 Å². The van der Waals surface area contributed by atoms with Crippen molar-refractivity contribution in [1.82, 2.24) is 19.8 Å². The predicted molar refractivity (Wildman–Crippen MR) is 116 cm³/mol. The Morgan fingerprint density at radius 1 is 1.19 bits per heavy atom. The first-order valence-electron chi connectivity index (χ1n) is 9.90. The Morgan fingerprint density at radius 3 is 2.62 bits per heavy atom. The van der Waals surface area contributed by atoms with Gasteiger partial charge in [-0.25, -0.2) is 14.4 Å². The topological polar surface area (TPSA) is 134 Å². The van der Waals surface area contributed by atoms with E-state index >= 15 is 0 Å². The maximum Gasteiger partial charge on any atom is 0.331 e. The number of urea groups is 1. The molecule has 10 heteroatoms. The number of hydrogen-bond acceptors (Lipinski definition) is 6. The molecule has 0 aliphatic carbocycles. The first-order valence-corrected chi connectivity index (χ1v) is 9.90. The molecule has 0 saturated heterocycles. The van der Waals surface area contributed by atoms with Gasteiger partial charge in [-0.1, -0.05) is 30.3 Å². The zero-order valence-corrected chi connectivity index (χ0v) is 17.6. The number of hydrogen-bond donors (Lipinski definition) is 3. The lowest BCUT2D eigenvalue weighted by Crippen LogP contribution is -2.50. The predicted octanol–water partition coefficient (Wildman–Crippen LogP) is 0.718. The second kappa shape index (κ2) is 9.92. The number of aliphatic hydroxyl groups excluding tert-OH is 1. The molecular formula is C22H24N4O6. The van der Waals surface area contributed by atoms with Crippen molar-refractivity contribution in [3.8, 4) is 0 Å². The fourth-order valence-electron chi connectivity index (χ4n) is 3.08. The van der Waals surface area contributed by atoms with Gasteiger partial charge in [-0.05, 0) is 31.1 Å². The number of aryl methyl sites for hydroxylation is 1. The van der Waals surface area contributed by atoms with Crippen LogP contribution in [0.5, 0.6) is 0 Å². The van der Waals surface area contributed by atoms with Crippen molar-refractivity contribution < 1.29 is 19.4 Å². The number of rotatable bonds is 7. The second-order valence-corrected chi connectivity index (χ2v) is 7.40. The van der Waals surface area contributed by atoms with E-state index in [4.69, 9.17) is 4.74 Å². The minimum atomic E-state index is -1.10. The number of H-pyrrole nitrogens is 1. The Hall–Kier alpha value is -3.92. The van der Waals surface area contributed by atoms with E-state index in [1.54, 1.807) is 19.9 Å². The van der Waals surface area contributed by atoms with E-state index in [1.807, 2.05) is 30.3 Å². The monoisotopic (exact) mass is 440 g/mol. The van der Waals surface area contributed by atoms with Gasteiger partial charge in [0.2, 0.25) is 0 Å². The van der Waals surface area contributed by atoms with Crippen LogP contribution in [-0.4, -0.2) is 50.4 Å². The highest BCUT2D eigenvalue weighted by molar-refractivity contribution is 5.87. The lowest BCUT2D eigenvalue weighted by Gasteiger charge is -2.30. The van der Waals surface area contributed by atoms with Gasteiger partial charge in [-0.3, -0.25) is 19.2 Å². The summed E-state index contributed by atoms with van der Waals surface area (Å²) >= 11 is 0. The molecule has 2 unspecified atom stereocenters. The van der Waals surface area contributed by atoms with Gasteiger partial charge in [-0.15, -0.1) is 0 Å². The summed E-state index contributed by atoms with van der Waals surface area (Å²) in [5.74, 6) is -0.661. The number of aliphatic hydroxyl groups is 1. The lowest BCUT2D eigenvalue weighted by molar-refractivity contribution is -0.144. The summed E-state index contributed by atoms with van der Waals surface area (Å²) in [4.78, 5) is 52.0. The molecule has 2 amide bonds. The zero-order chi connectivity index (χ0) is 23.3. The first kappa shape index (κ1) is 22.8. The van der Waals surface area contributed by atoms with Crippen LogP contribution in [0.15, 0.2) is 64.0 Å². The molecule has 0 spiro atoms. The molecule has 0 bridgehead atoms. The number of aromatic nitrogens is 2. The van der Waals surface area contributed by atoms with E-state index in [-0.39, 0.29) is 13.1 Å². The van der Waals surface area contributed by atoms with Gasteiger partial charge < -0.3 is 15.2 Å². The smallest absolute Gasteiger partial charge is 0.331 e. The molecule has 32 heavy (non-hydrogen) atoms. The molecule has 1 aromatic heterocycles. The highest BCUT2D eigenvalue weighted by Crippen LogP contribution is 2.12. The number of aromatic amines is 1. The number of ether oxygens (including phenoxy) is 1. The molecule has 2 heterocycles. The minimum Gasteiger partial charge on any atom is -0.455 e. The third kappa shape index (κ3) is 5.82. The molecule has 0 radical (unpaired) electrons. The molecule has 1 aromatic carbocycles. The largest absolute Gasteiger partial charge is 0.455 e. The number of nitrogens with zero attached hydrogens (tertiary/aromatic N) is 2. The molecule has 3 rings (SSSR count). The summed E-state index contributed by atoms with van der Waals surface area (Å²) in [6.07, 6.45) is 3.64. The van der Waals surface area contributed by atoms with Crippen molar-refractivity contribution >= 4 is 18.1 Å². The molecule has 0 fully saturated rings. The van der Waals surface area contributed by atoms with Gasteiger partial charge in [0.15, 0.2) is 6.23 Å². The van der Waals surface area contributed by atoms with Gasteiger partial charge >= 0.3 is 17.7 Å². The average molecular weight is 440 g/mol. The molecule has 1 aliphatic rings.